The van der Waals surface area contributed by atoms with E-state index in [0.717, 1.165) is 10.9 Å². The van der Waals surface area contributed by atoms with Crippen LogP contribution in [0.25, 0.3) is 0 Å². The van der Waals surface area contributed by atoms with Crippen molar-refractivity contribution in [2.24, 2.45) is 5.73 Å². The molecule has 0 radical (unpaired) electrons. The number of carbonyl (C=O) groups excluding carboxylic acids is 1. The molecule has 2 N–H and O–H groups in total. The number of rotatable bonds is 6. The van der Waals surface area contributed by atoms with Crippen LogP contribution in [0, 0.1) is 0 Å². The first kappa shape index (κ1) is 15.9. The maximum Gasteiger partial charge on any atom is 0.257 e. The molecule has 0 spiro atoms. The van der Waals surface area contributed by atoms with E-state index in [-0.39, 0.29) is 12.5 Å². The number of methoxy groups -OCH3 is 1. The minimum absolute atomic E-state index is 0.126. The summed E-state index contributed by atoms with van der Waals surface area (Å²) >= 11 is 8.23. The molecule has 6 heteroatoms. The Bertz CT molecular complexity index is 480. The van der Waals surface area contributed by atoms with Gasteiger partial charge in [0, 0.05) is 11.0 Å². The molecule has 4 nitrogen and oxygen atoms in total. The SMILES string of the molecule is CCCN(CC(N)=S)C(=O)c1ccc(Br)cc1OC. The Labute approximate surface area is 127 Å². The smallest absolute Gasteiger partial charge is 0.257 e. The number of amides is 1. The largest absolute Gasteiger partial charge is 0.496 e. The molecular weight excluding hydrogens is 328 g/mol. The topological polar surface area (TPSA) is 55.6 Å². The van der Waals surface area contributed by atoms with Crippen molar-refractivity contribution in [2.45, 2.75) is 13.3 Å². The highest BCUT2D eigenvalue weighted by Gasteiger charge is 2.19. The predicted molar refractivity (Wildman–Crippen MR) is 83.7 cm³/mol. The van der Waals surface area contributed by atoms with Crippen molar-refractivity contribution in [3.8, 4) is 5.75 Å². The first-order valence-electron chi connectivity index (χ1n) is 5.90. The number of hydrogen-bond donors (Lipinski definition) is 1. The van der Waals surface area contributed by atoms with Crippen LogP contribution in [-0.2, 0) is 0 Å². The van der Waals surface area contributed by atoms with Gasteiger partial charge < -0.3 is 15.4 Å². The molecule has 0 aliphatic carbocycles. The minimum Gasteiger partial charge on any atom is -0.496 e. The highest BCUT2D eigenvalue weighted by atomic mass is 79.9. The number of carbonyl (C=O) groups is 1. The highest BCUT2D eigenvalue weighted by Crippen LogP contribution is 2.24. The van der Waals surface area contributed by atoms with Crippen molar-refractivity contribution in [3.63, 3.8) is 0 Å². The fourth-order valence-electron chi connectivity index (χ4n) is 1.72. The predicted octanol–water partition coefficient (Wildman–Crippen LogP) is 2.60. The van der Waals surface area contributed by atoms with E-state index in [0.29, 0.717) is 22.8 Å². The van der Waals surface area contributed by atoms with Gasteiger partial charge in [-0.1, -0.05) is 35.1 Å². The molecular formula is C13H17BrN2O2S. The highest BCUT2D eigenvalue weighted by molar-refractivity contribution is 9.10. The Hall–Kier alpha value is -1.14. The number of thiocarbonyl (C=S) groups is 1. The molecule has 0 aromatic heterocycles. The summed E-state index contributed by atoms with van der Waals surface area (Å²) in [4.78, 5) is 14.4. The quantitative estimate of drug-likeness (QED) is 0.806. The zero-order valence-corrected chi connectivity index (χ0v) is 13.4. The van der Waals surface area contributed by atoms with Crippen molar-refractivity contribution in [1.82, 2.24) is 4.90 Å². The van der Waals surface area contributed by atoms with E-state index in [1.807, 2.05) is 6.92 Å². The van der Waals surface area contributed by atoms with E-state index in [4.69, 9.17) is 22.7 Å². The molecule has 104 valence electrons. The van der Waals surface area contributed by atoms with Crippen molar-refractivity contribution in [3.05, 3.63) is 28.2 Å². The summed E-state index contributed by atoms with van der Waals surface area (Å²) in [6, 6.07) is 5.30. The third kappa shape index (κ3) is 4.47. The molecule has 0 atom stereocenters. The number of halogens is 1. The van der Waals surface area contributed by atoms with Crippen LogP contribution in [-0.4, -0.2) is 36.0 Å². The van der Waals surface area contributed by atoms with Gasteiger partial charge in [-0.3, -0.25) is 4.79 Å². The van der Waals surface area contributed by atoms with Crippen LogP contribution in [0.4, 0.5) is 0 Å². The number of nitrogens with two attached hydrogens (primary N) is 1. The van der Waals surface area contributed by atoms with Crippen LogP contribution < -0.4 is 10.5 Å². The number of ether oxygens (including phenoxy) is 1. The van der Waals surface area contributed by atoms with Gasteiger partial charge in [-0.2, -0.15) is 0 Å². The number of nitrogens with zero attached hydrogens (tertiary/aromatic N) is 1. The summed E-state index contributed by atoms with van der Waals surface area (Å²) in [5.41, 5.74) is 6.04. The monoisotopic (exact) mass is 344 g/mol. The van der Waals surface area contributed by atoms with Crippen molar-refractivity contribution in [2.75, 3.05) is 20.2 Å². The molecule has 0 aliphatic rings. The molecule has 1 aromatic rings. The van der Waals surface area contributed by atoms with Gasteiger partial charge in [0.2, 0.25) is 0 Å². The second kappa shape index (κ2) is 7.45. The van der Waals surface area contributed by atoms with Crippen LogP contribution in [0.3, 0.4) is 0 Å². The van der Waals surface area contributed by atoms with E-state index in [2.05, 4.69) is 15.9 Å². The molecule has 0 heterocycles. The summed E-state index contributed by atoms with van der Waals surface area (Å²) in [5, 5.41) is 0. The molecule has 0 saturated carbocycles. The maximum atomic E-state index is 12.5. The van der Waals surface area contributed by atoms with Gasteiger partial charge in [0.1, 0.15) is 5.75 Å². The standard InChI is InChI=1S/C13H17BrN2O2S/c1-3-6-16(8-12(15)19)13(17)10-5-4-9(14)7-11(10)18-2/h4-5,7H,3,6,8H2,1-2H3,(H2,15,19). The van der Waals surface area contributed by atoms with Crippen molar-refractivity contribution < 1.29 is 9.53 Å². The van der Waals surface area contributed by atoms with Crippen LogP contribution >= 0.6 is 28.1 Å². The van der Waals surface area contributed by atoms with Crippen LogP contribution in [0.2, 0.25) is 0 Å². The fraction of sp³-hybridized carbons (Fsp3) is 0.385. The van der Waals surface area contributed by atoms with Crippen molar-refractivity contribution in [1.29, 1.82) is 0 Å². The second-order valence-electron chi connectivity index (χ2n) is 4.04. The number of benzene rings is 1. The normalized spacial score (nSPS) is 10.1. The third-order valence-corrected chi connectivity index (χ3v) is 3.14. The summed E-state index contributed by atoms with van der Waals surface area (Å²) < 4.78 is 6.10. The van der Waals surface area contributed by atoms with Crippen LogP contribution in [0.15, 0.2) is 22.7 Å². The summed E-state index contributed by atoms with van der Waals surface area (Å²) in [6.07, 6.45) is 0.840. The molecule has 0 bridgehead atoms. The number of hydrogen-bond acceptors (Lipinski definition) is 3. The van der Waals surface area contributed by atoms with Gasteiger partial charge in [-0.25, -0.2) is 0 Å². The first-order valence-corrected chi connectivity index (χ1v) is 7.10. The Morgan fingerprint density at radius 3 is 2.74 bits per heavy atom. The molecule has 19 heavy (non-hydrogen) atoms. The molecule has 0 fully saturated rings. The lowest BCUT2D eigenvalue weighted by molar-refractivity contribution is 0.0776. The Balaban J connectivity index is 3.04. The van der Waals surface area contributed by atoms with E-state index in [9.17, 15) is 4.79 Å². The minimum atomic E-state index is -0.126. The van der Waals surface area contributed by atoms with E-state index < -0.39 is 0 Å². The molecule has 1 aromatic carbocycles. The molecule has 0 saturated heterocycles. The zero-order valence-electron chi connectivity index (χ0n) is 11.0. The third-order valence-electron chi connectivity index (χ3n) is 2.52. The van der Waals surface area contributed by atoms with Gasteiger partial charge in [0.05, 0.1) is 24.2 Å². The van der Waals surface area contributed by atoms with Crippen LogP contribution in [0.5, 0.6) is 5.75 Å². The van der Waals surface area contributed by atoms with Crippen LogP contribution in [0.1, 0.15) is 23.7 Å². The zero-order chi connectivity index (χ0) is 14.4. The average molecular weight is 345 g/mol. The van der Waals surface area contributed by atoms with E-state index in [1.54, 1.807) is 23.1 Å². The van der Waals surface area contributed by atoms with Gasteiger partial charge in [-0.05, 0) is 24.6 Å². The van der Waals surface area contributed by atoms with Gasteiger partial charge in [0.25, 0.3) is 5.91 Å². The molecule has 0 aliphatic heterocycles. The maximum absolute atomic E-state index is 12.5. The second-order valence-corrected chi connectivity index (χ2v) is 5.48. The summed E-state index contributed by atoms with van der Waals surface area (Å²) in [7, 11) is 1.54. The van der Waals surface area contributed by atoms with Crippen molar-refractivity contribution >= 4 is 39.0 Å². The van der Waals surface area contributed by atoms with Gasteiger partial charge in [0.15, 0.2) is 0 Å². The summed E-state index contributed by atoms with van der Waals surface area (Å²) in [6.45, 7) is 2.88. The molecule has 1 amide bonds. The Kier molecular flexibility index (Phi) is 6.24. The lowest BCUT2D eigenvalue weighted by Crippen LogP contribution is -2.38. The van der Waals surface area contributed by atoms with Gasteiger partial charge >= 0.3 is 0 Å². The average Bonchev–Trinajstić information content (AvgIpc) is 2.36. The van der Waals surface area contributed by atoms with Gasteiger partial charge in [-0.15, -0.1) is 0 Å². The van der Waals surface area contributed by atoms with E-state index >= 15 is 0 Å². The molecule has 0 unspecified atom stereocenters. The van der Waals surface area contributed by atoms with E-state index in [1.165, 1.54) is 7.11 Å². The summed E-state index contributed by atoms with van der Waals surface area (Å²) in [5.74, 6) is 0.405. The Morgan fingerprint density at radius 1 is 1.53 bits per heavy atom. The lowest BCUT2D eigenvalue weighted by atomic mass is 10.1. The Morgan fingerprint density at radius 2 is 2.21 bits per heavy atom. The first-order chi connectivity index (χ1) is 8.99. The lowest BCUT2D eigenvalue weighted by Gasteiger charge is -2.22. The fourth-order valence-corrected chi connectivity index (χ4v) is 2.22. The molecule has 1 rings (SSSR count).